The van der Waals surface area contributed by atoms with Crippen molar-refractivity contribution in [1.82, 2.24) is 4.90 Å². The van der Waals surface area contributed by atoms with Gasteiger partial charge in [-0.25, -0.2) is 0 Å². The Bertz CT molecular complexity index is 1050. The third-order valence-electron chi connectivity index (χ3n) is 6.01. The summed E-state index contributed by atoms with van der Waals surface area (Å²) in [5.74, 6) is 3.41. The first-order valence-electron chi connectivity index (χ1n) is 11.0. The maximum absolute atomic E-state index is 6.16. The summed E-state index contributed by atoms with van der Waals surface area (Å²) in [5.41, 5.74) is 4.44. The van der Waals surface area contributed by atoms with Gasteiger partial charge in [0.1, 0.15) is 6.61 Å². The summed E-state index contributed by atoms with van der Waals surface area (Å²) in [6, 6.07) is 20.8. The Balaban J connectivity index is 1.68. The van der Waals surface area contributed by atoms with Gasteiger partial charge in [0.15, 0.2) is 23.0 Å². The second kappa shape index (κ2) is 9.96. The van der Waals surface area contributed by atoms with Gasteiger partial charge in [-0.05, 0) is 35.2 Å². The summed E-state index contributed by atoms with van der Waals surface area (Å²) in [6.07, 6.45) is 0. The van der Waals surface area contributed by atoms with Crippen LogP contribution in [-0.2, 0) is 6.54 Å². The van der Waals surface area contributed by atoms with Crippen LogP contribution in [0.3, 0.4) is 0 Å². The molecule has 5 heteroatoms. The second-order valence-electron chi connectivity index (χ2n) is 8.10. The van der Waals surface area contributed by atoms with Gasteiger partial charge in [-0.2, -0.15) is 0 Å². The molecule has 5 nitrogen and oxygen atoms in total. The van der Waals surface area contributed by atoms with E-state index in [0.717, 1.165) is 47.8 Å². The second-order valence-corrected chi connectivity index (χ2v) is 8.10. The lowest BCUT2D eigenvalue weighted by Gasteiger charge is -2.24. The summed E-state index contributed by atoms with van der Waals surface area (Å²) in [6.45, 7) is 5.53. The molecule has 3 aromatic carbocycles. The molecule has 168 valence electrons. The number of para-hydroxylation sites is 1. The Morgan fingerprint density at radius 2 is 1.69 bits per heavy atom. The summed E-state index contributed by atoms with van der Waals surface area (Å²) in [4.78, 5) is 2.45. The van der Waals surface area contributed by atoms with Crippen LogP contribution in [0, 0.1) is 0 Å². The number of methoxy groups -OCH3 is 3. The molecule has 0 N–H and O–H groups in total. The van der Waals surface area contributed by atoms with Crippen molar-refractivity contribution in [2.75, 3.05) is 41.0 Å². The summed E-state index contributed by atoms with van der Waals surface area (Å²) < 4.78 is 23.1. The molecule has 1 atom stereocenters. The van der Waals surface area contributed by atoms with E-state index in [1.165, 1.54) is 5.56 Å². The third-order valence-corrected chi connectivity index (χ3v) is 6.01. The Morgan fingerprint density at radius 3 is 2.41 bits per heavy atom. The standard InChI is InChI=1S/C27H31NO4/c1-19(20-9-6-5-7-10-20)17-28-13-14-32-26-22(18-28)15-21(16-25(26)30-3)23-11-8-12-24(29-2)27(23)31-4/h5-12,15-16,19H,13-14,17-18H2,1-4H3. The minimum Gasteiger partial charge on any atom is -0.493 e. The van der Waals surface area contributed by atoms with E-state index in [1.807, 2.05) is 24.3 Å². The fraction of sp³-hybridized carbons (Fsp3) is 0.333. The van der Waals surface area contributed by atoms with Crippen LogP contribution in [0.5, 0.6) is 23.0 Å². The fourth-order valence-electron chi connectivity index (χ4n) is 4.39. The first kappa shape index (κ1) is 22.0. The maximum atomic E-state index is 6.16. The predicted molar refractivity (Wildman–Crippen MR) is 127 cm³/mol. The van der Waals surface area contributed by atoms with Gasteiger partial charge in [-0.3, -0.25) is 4.90 Å². The van der Waals surface area contributed by atoms with E-state index in [0.29, 0.717) is 24.0 Å². The van der Waals surface area contributed by atoms with Crippen LogP contribution in [0.2, 0.25) is 0 Å². The lowest BCUT2D eigenvalue weighted by atomic mass is 9.98. The molecule has 1 unspecified atom stereocenters. The molecular weight excluding hydrogens is 402 g/mol. The average Bonchev–Trinajstić information content (AvgIpc) is 3.04. The van der Waals surface area contributed by atoms with E-state index in [-0.39, 0.29) is 0 Å². The van der Waals surface area contributed by atoms with Gasteiger partial charge in [-0.15, -0.1) is 0 Å². The lowest BCUT2D eigenvalue weighted by Crippen LogP contribution is -2.29. The summed E-state index contributed by atoms with van der Waals surface area (Å²) >= 11 is 0. The predicted octanol–water partition coefficient (Wildman–Crippen LogP) is 5.38. The highest BCUT2D eigenvalue weighted by Gasteiger charge is 2.23. The van der Waals surface area contributed by atoms with Crippen molar-refractivity contribution >= 4 is 0 Å². The molecule has 0 amide bonds. The van der Waals surface area contributed by atoms with Gasteiger partial charge < -0.3 is 18.9 Å². The zero-order valence-electron chi connectivity index (χ0n) is 19.3. The van der Waals surface area contributed by atoms with Crippen molar-refractivity contribution in [3.8, 4) is 34.1 Å². The molecule has 32 heavy (non-hydrogen) atoms. The number of hydrogen-bond acceptors (Lipinski definition) is 5. The molecular formula is C27H31NO4. The van der Waals surface area contributed by atoms with Crippen molar-refractivity contribution < 1.29 is 18.9 Å². The van der Waals surface area contributed by atoms with Gasteiger partial charge >= 0.3 is 0 Å². The molecule has 0 aromatic heterocycles. The first-order valence-corrected chi connectivity index (χ1v) is 11.0. The van der Waals surface area contributed by atoms with Crippen molar-refractivity contribution in [2.45, 2.75) is 19.4 Å². The van der Waals surface area contributed by atoms with E-state index >= 15 is 0 Å². The van der Waals surface area contributed by atoms with E-state index in [9.17, 15) is 0 Å². The van der Waals surface area contributed by atoms with Gasteiger partial charge in [0.25, 0.3) is 0 Å². The molecule has 0 spiro atoms. The van der Waals surface area contributed by atoms with Crippen molar-refractivity contribution in [3.05, 3.63) is 71.8 Å². The third kappa shape index (κ3) is 4.53. The number of benzene rings is 3. The van der Waals surface area contributed by atoms with Crippen molar-refractivity contribution in [1.29, 1.82) is 0 Å². The number of fused-ring (bicyclic) bond motifs is 1. The van der Waals surface area contributed by atoms with Gasteiger partial charge in [0.05, 0.1) is 21.3 Å². The first-order chi connectivity index (χ1) is 15.6. The Kier molecular flexibility index (Phi) is 6.86. The van der Waals surface area contributed by atoms with Crippen molar-refractivity contribution in [3.63, 3.8) is 0 Å². The monoisotopic (exact) mass is 433 g/mol. The van der Waals surface area contributed by atoms with Crippen LogP contribution < -0.4 is 18.9 Å². The maximum Gasteiger partial charge on any atom is 0.168 e. The smallest absolute Gasteiger partial charge is 0.168 e. The van der Waals surface area contributed by atoms with E-state index in [1.54, 1.807) is 21.3 Å². The molecule has 0 aliphatic carbocycles. The lowest BCUT2D eigenvalue weighted by molar-refractivity contribution is 0.215. The quantitative estimate of drug-likeness (QED) is 0.500. The van der Waals surface area contributed by atoms with Gasteiger partial charge in [0.2, 0.25) is 0 Å². The van der Waals surface area contributed by atoms with Crippen LogP contribution in [0.1, 0.15) is 24.0 Å². The van der Waals surface area contributed by atoms with E-state index in [4.69, 9.17) is 18.9 Å². The van der Waals surface area contributed by atoms with Crippen LogP contribution in [0.15, 0.2) is 60.7 Å². The SMILES string of the molecule is COc1cc(-c2cccc(OC)c2OC)cc2c1OCCN(CC(C)c1ccccc1)C2. The highest BCUT2D eigenvalue weighted by atomic mass is 16.5. The highest BCUT2D eigenvalue weighted by Crippen LogP contribution is 2.43. The van der Waals surface area contributed by atoms with Crippen LogP contribution in [0.4, 0.5) is 0 Å². The van der Waals surface area contributed by atoms with E-state index < -0.39 is 0 Å². The molecule has 1 aliphatic rings. The Hall–Kier alpha value is -3.18. The largest absolute Gasteiger partial charge is 0.493 e. The van der Waals surface area contributed by atoms with E-state index in [2.05, 4.69) is 48.2 Å². The van der Waals surface area contributed by atoms with Crippen LogP contribution in [-0.4, -0.2) is 45.9 Å². The van der Waals surface area contributed by atoms with Gasteiger partial charge in [0, 0.05) is 30.8 Å². The fourth-order valence-corrected chi connectivity index (χ4v) is 4.39. The molecule has 3 aromatic rings. The molecule has 0 fully saturated rings. The minimum absolute atomic E-state index is 0.432. The summed E-state index contributed by atoms with van der Waals surface area (Å²) in [5, 5.41) is 0. The molecule has 1 aliphatic heterocycles. The Morgan fingerprint density at radius 1 is 0.906 bits per heavy atom. The highest BCUT2D eigenvalue weighted by molar-refractivity contribution is 5.77. The number of rotatable bonds is 7. The molecule has 0 saturated heterocycles. The Labute approximate surface area is 190 Å². The zero-order valence-corrected chi connectivity index (χ0v) is 19.3. The molecule has 0 saturated carbocycles. The number of hydrogen-bond donors (Lipinski definition) is 0. The molecule has 0 bridgehead atoms. The zero-order chi connectivity index (χ0) is 22.5. The summed E-state index contributed by atoms with van der Waals surface area (Å²) in [7, 11) is 5.00. The topological polar surface area (TPSA) is 40.2 Å². The minimum atomic E-state index is 0.432. The molecule has 4 rings (SSSR count). The van der Waals surface area contributed by atoms with Crippen LogP contribution in [0.25, 0.3) is 11.1 Å². The van der Waals surface area contributed by atoms with Crippen molar-refractivity contribution in [2.24, 2.45) is 0 Å². The molecule has 1 heterocycles. The normalized spacial score (nSPS) is 14.6. The van der Waals surface area contributed by atoms with Gasteiger partial charge in [-0.1, -0.05) is 49.4 Å². The number of ether oxygens (including phenoxy) is 4. The molecule has 0 radical (unpaired) electrons. The van der Waals surface area contributed by atoms with Crippen LogP contribution >= 0.6 is 0 Å². The number of nitrogens with zero attached hydrogens (tertiary/aromatic N) is 1. The average molecular weight is 434 g/mol.